The maximum Gasteiger partial charge on any atom is 0.135 e. The normalized spacial score (nSPS) is 9.46. The summed E-state index contributed by atoms with van der Waals surface area (Å²) in [6.45, 7) is 1.33. The average Bonchev–Trinajstić information content (AvgIpc) is 2.19. The van der Waals surface area contributed by atoms with Gasteiger partial charge in [-0.05, 0) is 5.56 Å². The Balaban J connectivity index is 2.11. The number of nitrogens with one attached hydrogen (secondary N) is 1. The highest BCUT2D eigenvalue weighted by atomic mass is 16.5. The first-order valence-electron chi connectivity index (χ1n) is 4.13. The van der Waals surface area contributed by atoms with Crippen molar-refractivity contribution in [3.05, 3.63) is 35.9 Å². The molecule has 0 aliphatic rings. The van der Waals surface area contributed by atoms with Gasteiger partial charge in [-0.3, -0.25) is 5.32 Å². The minimum absolute atomic E-state index is 0.141. The van der Waals surface area contributed by atoms with E-state index in [9.17, 15) is 0 Å². The van der Waals surface area contributed by atoms with Gasteiger partial charge >= 0.3 is 0 Å². The number of hydrogen-bond acceptors (Lipinski definition) is 3. The second-order valence-corrected chi connectivity index (χ2v) is 2.56. The predicted octanol–water partition coefficient (Wildman–Crippen LogP) is 1.27. The molecule has 0 bridgehead atoms. The Kier molecular flexibility index (Phi) is 4.62. The molecule has 3 heteroatoms. The second kappa shape index (κ2) is 6.18. The van der Waals surface area contributed by atoms with Crippen molar-refractivity contribution in [3.63, 3.8) is 0 Å². The van der Waals surface area contributed by atoms with Crippen LogP contribution in [0.3, 0.4) is 0 Å². The highest BCUT2D eigenvalue weighted by Crippen LogP contribution is 1.96. The van der Waals surface area contributed by atoms with Gasteiger partial charge in [-0.25, -0.2) is 0 Å². The van der Waals surface area contributed by atoms with Gasteiger partial charge in [-0.1, -0.05) is 30.3 Å². The lowest BCUT2D eigenvalue weighted by Crippen LogP contribution is -2.17. The first-order chi connectivity index (χ1) is 6.43. The molecule has 0 atom stereocenters. The Morgan fingerprint density at radius 2 is 2.08 bits per heavy atom. The third kappa shape index (κ3) is 4.26. The third-order valence-electron chi connectivity index (χ3n) is 1.54. The number of ether oxygens (including phenoxy) is 1. The number of benzene rings is 1. The largest absolute Gasteiger partial charge is 0.351 e. The maximum atomic E-state index is 8.18. The van der Waals surface area contributed by atoms with Crippen LogP contribution in [0, 0.1) is 11.3 Å². The monoisotopic (exact) mass is 176 g/mol. The summed E-state index contributed by atoms with van der Waals surface area (Å²) >= 11 is 0. The molecule has 0 radical (unpaired) electrons. The molecular formula is C10H12N2O. The smallest absolute Gasteiger partial charge is 0.135 e. The van der Waals surface area contributed by atoms with Gasteiger partial charge in [-0.2, -0.15) is 5.26 Å². The van der Waals surface area contributed by atoms with Crippen molar-refractivity contribution in [2.75, 3.05) is 13.3 Å². The third-order valence-corrected chi connectivity index (χ3v) is 1.54. The van der Waals surface area contributed by atoms with Crippen molar-refractivity contribution in [3.8, 4) is 6.07 Å². The van der Waals surface area contributed by atoms with Crippen LogP contribution in [0.2, 0.25) is 0 Å². The minimum atomic E-state index is 0.141. The summed E-state index contributed by atoms with van der Waals surface area (Å²) in [5, 5.41) is 11.2. The lowest BCUT2D eigenvalue weighted by molar-refractivity contribution is 0.144. The fourth-order valence-electron chi connectivity index (χ4n) is 0.960. The Bertz CT molecular complexity index is 266. The van der Waals surface area contributed by atoms with E-state index in [0.717, 1.165) is 6.54 Å². The lowest BCUT2D eigenvalue weighted by Gasteiger charge is -2.03. The summed E-state index contributed by atoms with van der Waals surface area (Å²) in [5.74, 6) is 0. The summed E-state index contributed by atoms with van der Waals surface area (Å²) < 4.78 is 4.93. The Morgan fingerprint density at radius 1 is 1.31 bits per heavy atom. The maximum absolute atomic E-state index is 8.18. The standard InChI is InChI=1S/C10H12N2O/c11-6-7-13-9-12-8-10-4-2-1-3-5-10/h1-5,12H,7-9H2. The van der Waals surface area contributed by atoms with E-state index in [1.807, 2.05) is 36.4 Å². The molecule has 0 unspecified atom stereocenters. The molecule has 0 spiro atoms. The van der Waals surface area contributed by atoms with Crippen molar-refractivity contribution in [2.45, 2.75) is 6.54 Å². The SMILES string of the molecule is N#CCOCNCc1ccccc1. The Labute approximate surface area is 77.9 Å². The van der Waals surface area contributed by atoms with Crippen LogP contribution in [0.1, 0.15) is 5.56 Å². The number of nitrogens with zero attached hydrogens (tertiary/aromatic N) is 1. The molecule has 0 aromatic heterocycles. The van der Waals surface area contributed by atoms with Crippen LogP contribution >= 0.6 is 0 Å². The van der Waals surface area contributed by atoms with Crippen LogP contribution in [0.4, 0.5) is 0 Å². The van der Waals surface area contributed by atoms with E-state index in [1.54, 1.807) is 0 Å². The summed E-state index contributed by atoms with van der Waals surface area (Å²) in [5.41, 5.74) is 1.21. The molecule has 0 heterocycles. The molecular weight excluding hydrogens is 164 g/mol. The highest BCUT2D eigenvalue weighted by molar-refractivity contribution is 5.14. The molecule has 3 nitrogen and oxygen atoms in total. The number of nitriles is 1. The molecule has 68 valence electrons. The summed E-state index contributed by atoms with van der Waals surface area (Å²) in [7, 11) is 0. The fraction of sp³-hybridized carbons (Fsp3) is 0.300. The topological polar surface area (TPSA) is 45.0 Å². The van der Waals surface area contributed by atoms with Gasteiger partial charge in [0.05, 0.1) is 12.8 Å². The van der Waals surface area contributed by atoms with Crippen LogP contribution in [-0.2, 0) is 11.3 Å². The molecule has 1 aromatic carbocycles. The van der Waals surface area contributed by atoms with Crippen molar-refractivity contribution in [1.29, 1.82) is 5.26 Å². The molecule has 0 amide bonds. The van der Waals surface area contributed by atoms with E-state index in [-0.39, 0.29) is 6.61 Å². The first kappa shape index (κ1) is 9.72. The van der Waals surface area contributed by atoms with Crippen molar-refractivity contribution in [2.24, 2.45) is 0 Å². The minimum Gasteiger partial charge on any atom is -0.351 e. The zero-order chi connectivity index (χ0) is 9.36. The lowest BCUT2D eigenvalue weighted by atomic mass is 10.2. The van der Waals surface area contributed by atoms with Gasteiger partial charge in [0, 0.05) is 6.54 Å². The Hall–Kier alpha value is -1.37. The quantitative estimate of drug-likeness (QED) is 0.543. The molecule has 0 aliphatic heterocycles. The highest BCUT2D eigenvalue weighted by Gasteiger charge is 1.89. The molecule has 0 saturated carbocycles. The summed E-state index contributed by atoms with van der Waals surface area (Å²) in [6, 6.07) is 12.0. The van der Waals surface area contributed by atoms with E-state index < -0.39 is 0 Å². The predicted molar refractivity (Wildman–Crippen MR) is 49.7 cm³/mol. The van der Waals surface area contributed by atoms with Gasteiger partial charge in [0.25, 0.3) is 0 Å². The van der Waals surface area contributed by atoms with E-state index in [1.165, 1.54) is 5.56 Å². The van der Waals surface area contributed by atoms with E-state index in [0.29, 0.717) is 6.73 Å². The van der Waals surface area contributed by atoms with Crippen LogP contribution < -0.4 is 5.32 Å². The molecule has 0 saturated heterocycles. The van der Waals surface area contributed by atoms with Crippen molar-refractivity contribution < 1.29 is 4.74 Å². The van der Waals surface area contributed by atoms with Crippen LogP contribution in [0.25, 0.3) is 0 Å². The Morgan fingerprint density at radius 3 is 2.77 bits per heavy atom. The number of hydrogen-bond donors (Lipinski definition) is 1. The molecule has 13 heavy (non-hydrogen) atoms. The van der Waals surface area contributed by atoms with Crippen LogP contribution in [0.15, 0.2) is 30.3 Å². The summed E-state index contributed by atoms with van der Waals surface area (Å²) in [6.07, 6.45) is 0. The molecule has 0 aliphatic carbocycles. The van der Waals surface area contributed by atoms with Crippen LogP contribution in [-0.4, -0.2) is 13.3 Å². The fourth-order valence-corrected chi connectivity index (χ4v) is 0.960. The molecule has 1 aromatic rings. The van der Waals surface area contributed by atoms with Crippen LogP contribution in [0.5, 0.6) is 0 Å². The first-order valence-corrected chi connectivity index (χ1v) is 4.13. The van der Waals surface area contributed by atoms with E-state index in [4.69, 9.17) is 10.00 Å². The van der Waals surface area contributed by atoms with Gasteiger partial charge < -0.3 is 4.74 Å². The second-order valence-electron chi connectivity index (χ2n) is 2.56. The zero-order valence-electron chi connectivity index (χ0n) is 7.36. The van der Waals surface area contributed by atoms with Crippen molar-refractivity contribution in [1.82, 2.24) is 5.32 Å². The number of rotatable bonds is 5. The zero-order valence-corrected chi connectivity index (χ0v) is 7.36. The molecule has 1 rings (SSSR count). The van der Waals surface area contributed by atoms with Crippen molar-refractivity contribution >= 4 is 0 Å². The van der Waals surface area contributed by atoms with E-state index >= 15 is 0 Å². The van der Waals surface area contributed by atoms with Gasteiger partial charge in [0.15, 0.2) is 0 Å². The van der Waals surface area contributed by atoms with Gasteiger partial charge in [0.1, 0.15) is 6.61 Å². The average molecular weight is 176 g/mol. The summed E-state index contributed by atoms with van der Waals surface area (Å²) in [4.78, 5) is 0. The molecule has 1 N–H and O–H groups in total. The molecule has 0 fully saturated rings. The van der Waals surface area contributed by atoms with Gasteiger partial charge in [0.2, 0.25) is 0 Å². The van der Waals surface area contributed by atoms with Gasteiger partial charge in [-0.15, -0.1) is 0 Å². The van der Waals surface area contributed by atoms with E-state index in [2.05, 4.69) is 5.32 Å².